The number of thiazole rings is 1. The molecule has 1 heterocycles. The van der Waals surface area contributed by atoms with E-state index in [1.54, 1.807) is 7.05 Å². The zero-order valence-corrected chi connectivity index (χ0v) is 16.6. The Labute approximate surface area is 167 Å². The van der Waals surface area contributed by atoms with Crippen molar-refractivity contribution in [3.8, 4) is 0 Å². The van der Waals surface area contributed by atoms with Gasteiger partial charge in [0.05, 0.1) is 11.6 Å². The van der Waals surface area contributed by atoms with Crippen LogP contribution in [0.5, 0.6) is 0 Å². The number of aromatic nitrogens is 1. The van der Waals surface area contributed by atoms with Crippen molar-refractivity contribution in [2.75, 3.05) is 33.4 Å². The molecule has 2 aromatic rings. The van der Waals surface area contributed by atoms with Crippen LogP contribution in [0.1, 0.15) is 22.7 Å². The number of alkyl halides is 3. The van der Waals surface area contributed by atoms with Crippen molar-refractivity contribution < 1.29 is 17.9 Å². The number of guanidine groups is 1. The van der Waals surface area contributed by atoms with Gasteiger partial charge in [-0.25, -0.2) is 4.98 Å². The van der Waals surface area contributed by atoms with Gasteiger partial charge >= 0.3 is 6.18 Å². The quantitative estimate of drug-likeness (QED) is 0.355. The van der Waals surface area contributed by atoms with Crippen LogP contribution in [0.15, 0.2) is 40.7 Å². The molecule has 0 aliphatic rings. The predicted molar refractivity (Wildman–Crippen MR) is 106 cm³/mol. The third kappa shape index (κ3) is 8.26. The highest BCUT2D eigenvalue weighted by atomic mass is 32.1. The van der Waals surface area contributed by atoms with Crippen molar-refractivity contribution in [2.24, 2.45) is 4.99 Å². The molecule has 0 atom stereocenters. The molecule has 0 unspecified atom stereocenters. The number of ether oxygens (including phenoxy) is 1. The van der Waals surface area contributed by atoms with E-state index in [4.69, 9.17) is 4.74 Å². The minimum Gasteiger partial charge on any atom is -0.381 e. The first kappa shape index (κ1) is 22.2. The fraction of sp³-hybridized carbons (Fsp3) is 0.474. The van der Waals surface area contributed by atoms with Crippen LogP contribution in [0.4, 0.5) is 13.2 Å². The molecular formula is C19H25F3N4OS. The molecule has 0 amide bonds. The van der Waals surface area contributed by atoms with Crippen LogP contribution in [0.3, 0.4) is 0 Å². The number of halogens is 3. The van der Waals surface area contributed by atoms with Gasteiger partial charge in [0.1, 0.15) is 0 Å². The zero-order valence-electron chi connectivity index (χ0n) is 15.8. The van der Waals surface area contributed by atoms with E-state index in [1.165, 1.54) is 5.56 Å². The van der Waals surface area contributed by atoms with Crippen molar-refractivity contribution in [1.29, 1.82) is 0 Å². The van der Waals surface area contributed by atoms with Gasteiger partial charge in [-0.15, -0.1) is 11.3 Å². The fourth-order valence-corrected chi connectivity index (χ4v) is 3.19. The van der Waals surface area contributed by atoms with Gasteiger partial charge in [-0.1, -0.05) is 30.3 Å². The Hall–Kier alpha value is -2.13. The van der Waals surface area contributed by atoms with Gasteiger partial charge in [-0.05, 0) is 18.4 Å². The normalized spacial score (nSPS) is 12.2. The second kappa shape index (κ2) is 11.7. The summed E-state index contributed by atoms with van der Waals surface area (Å²) in [5, 5.41) is 7.72. The minimum atomic E-state index is -4.39. The number of nitrogens with one attached hydrogen (secondary N) is 2. The molecule has 0 aliphatic heterocycles. The zero-order chi connectivity index (χ0) is 20.2. The number of aliphatic imine (C=N–C) groups is 1. The molecule has 154 valence electrons. The Bertz CT molecular complexity index is 719. The van der Waals surface area contributed by atoms with Gasteiger partial charge < -0.3 is 15.4 Å². The van der Waals surface area contributed by atoms with Gasteiger partial charge in [-0.3, -0.25) is 4.99 Å². The molecular weight excluding hydrogens is 389 g/mol. The van der Waals surface area contributed by atoms with Crippen LogP contribution in [-0.2, 0) is 23.8 Å². The first-order chi connectivity index (χ1) is 13.5. The Morgan fingerprint density at radius 2 is 1.86 bits per heavy atom. The lowest BCUT2D eigenvalue weighted by molar-refractivity contribution is -0.140. The third-order valence-corrected chi connectivity index (χ3v) is 4.74. The molecule has 0 bridgehead atoms. The summed E-state index contributed by atoms with van der Waals surface area (Å²) in [6.45, 7) is 2.49. The fourth-order valence-electron chi connectivity index (χ4n) is 2.38. The third-order valence-electron chi connectivity index (χ3n) is 3.83. The summed E-state index contributed by atoms with van der Waals surface area (Å²) in [6.07, 6.45) is -2.26. The van der Waals surface area contributed by atoms with E-state index in [0.717, 1.165) is 29.6 Å². The molecule has 1 aromatic heterocycles. The summed E-state index contributed by atoms with van der Waals surface area (Å²) in [4.78, 5) is 7.70. The predicted octanol–water partition coefficient (Wildman–Crippen LogP) is 3.52. The smallest absolute Gasteiger partial charge is 0.381 e. The Morgan fingerprint density at radius 1 is 1.11 bits per heavy atom. The average molecular weight is 414 g/mol. The van der Waals surface area contributed by atoms with Crippen molar-refractivity contribution in [1.82, 2.24) is 15.6 Å². The van der Waals surface area contributed by atoms with Crippen LogP contribution in [0.2, 0.25) is 0 Å². The second-order valence-electron chi connectivity index (χ2n) is 6.00. The van der Waals surface area contributed by atoms with Crippen molar-refractivity contribution >= 4 is 17.3 Å². The number of rotatable bonds is 10. The first-order valence-electron chi connectivity index (χ1n) is 9.07. The number of hydrogen-bond acceptors (Lipinski definition) is 4. The van der Waals surface area contributed by atoms with Gasteiger partial charge in [0.15, 0.2) is 11.7 Å². The summed E-state index contributed by atoms with van der Waals surface area (Å²) < 4.78 is 43.2. The summed E-state index contributed by atoms with van der Waals surface area (Å²) in [5.41, 5.74) is 0.426. The van der Waals surface area contributed by atoms with Crippen molar-refractivity contribution in [2.45, 2.75) is 25.4 Å². The van der Waals surface area contributed by atoms with E-state index >= 15 is 0 Å². The summed E-state index contributed by atoms with van der Waals surface area (Å²) >= 11 is 1.02. The monoisotopic (exact) mass is 414 g/mol. The Kier molecular flexibility index (Phi) is 9.22. The van der Waals surface area contributed by atoms with E-state index in [2.05, 4.69) is 32.7 Å². The lowest BCUT2D eigenvalue weighted by Gasteiger charge is -2.11. The van der Waals surface area contributed by atoms with Crippen LogP contribution in [0, 0.1) is 0 Å². The molecule has 9 heteroatoms. The Morgan fingerprint density at radius 3 is 2.54 bits per heavy atom. The van der Waals surface area contributed by atoms with Crippen LogP contribution >= 0.6 is 11.3 Å². The average Bonchev–Trinajstić information content (AvgIpc) is 3.16. The maximum atomic E-state index is 12.5. The molecule has 0 fully saturated rings. The van der Waals surface area contributed by atoms with E-state index in [0.29, 0.717) is 43.7 Å². The van der Waals surface area contributed by atoms with E-state index in [-0.39, 0.29) is 0 Å². The first-order valence-corrected chi connectivity index (χ1v) is 9.95. The largest absolute Gasteiger partial charge is 0.434 e. The van der Waals surface area contributed by atoms with Crippen LogP contribution < -0.4 is 10.6 Å². The molecule has 0 radical (unpaired) electrons. The van der Waals surface area contributed by atoms with Crippen LogP contribution in [-0.4, -0.2) is 44.3 Å². The van der Waals surface area contributed by atoms with Crippen molar-refractivity contribution in [3.05, 3.63) is 52.0 Å². The standard InChI is InChI=1S/C19H25F3N4OS/c1-23-18(25-11-8-17-26-16(14-28-17)19(20,21)22)24-10-5-12-27-13-9-15-6-3-2-4-7-15/h2-4,6-7,14H,5,8-13H2,1H3,(H2,23,24,25). The molecule has 0 saturated heterocycles. The van der Waals surface area contributed by atoms with E-state index < -0.39 is 11.9 Å². The Balaban J connectivity index is 1.53. The highest BCUT2D eigenvalue weighted by molar-refractivity contribution is 7.09. The lowest BCUT2D eigenvalue weighted by Crippen LogP contribution is -2.39. The molecule has 5 nitrogen and oxygen atoms in total. The summed E-state index contributed by atoms with van der Waals surface area (Å²) in [7, 11) is 1.65. The number of hydrogen-bond donors (Lipinski definition) is 2. The molecule has 0 saturated carbocycles. The van der Waals surface area contributed by atoms with Crippen molar-refractivity contribution in [3.63, 3.8) is 0 Å². The number of nitrogens with zero attached hydrogens (tertiary/aromatic N) is 2. The van der Waals surface area contributed by atoms with Gasteiger partial charge in [0.25, 0.3) is 0 Å². The topological polar surface area (TPSA) is 58.5 Å². The molecule has 2 rings (SSSR count). The van der Waals surface area contributed by atoms with E-state index in [9.17, 15) is 13.2 Å². The number of benzene rings is 1. The van der Waals surface area contributed by atoms with Gasteiger partial charge in [-0.2, -0.15) is 13.2 Å². The summed E-state index contributed by atoms with van der Waals surface area (Å²) in [6, 6.07) is 10.2. The molecule has 1 aromatic carbocycles. The maximum Gasteiger partial charge on any atom is 0.434 e. The molecule has 2 N–H and O–H groups in total. The molecule has 28 heavy (non-hydrogen) atoms. The summed E-state index contributed by atoms with van der Waals surface area (Å²) in [5.74, 6) is 0.608. The van der Waals surface area contributed by atoms with Crippen LogP contribution in [0.25, 0.3) is 0 Å². The highest BCUT2D eigenvalue weighted by Gasteiger charge is 2.33. The SMILES string of the molecule is CN=C(NCCCOCCc1ccccc1)NCCc1nc(C(F)(F)F)cs1. The lowest BCUT2D eigenvalue weighted by atomic mass is 10.2. The van der Waals surface area contributed by atoms with Gasteiger partial charge in [0, 0.05) is 38.5 Å². The minimum absolute atomic E-state index is 0.407. The maximum absolute atomic E-state index is 12.5. The van der Waals surface area contributed by atoms with Gasteiger partial charge in [0.2, 0.25) is 0 Å². The second-order valence-corrected chi connectivity index (χ2v) is 6.94. The molecule has 0 aliphatic carbocycles. The van der Waals surface area contributed by atoms with E-state index in [1.807, 2.05) is 18.2 Å². The molecule has 0 spiro atoms. The highest BCUT2D eigenvalue weighted by Crippen LogP contribution is 2.29.